The summed E-state index contributed by atoms with van der Waals surface area (Å²) in [4.78, 5) is 0.270. The molecule has 4 nitrogen and oxygen atoms in total. The second-order valence-corrected chi connectivity index (χ2v) is 6.34. The van der Waals surface area contributed by atoms with Gasteiger partial charge in [-0.3, -0.25) is 0 Å². The molecule has 1 aromatic rings. The number of benzene rings is 1. The van der Waals surface area contributed by atoms with Crippen LogP contribution in [0, 0.1) is 0 Å². The predicted octanol–water partition coefficient (Wildman–Crippen LogP) is 1.75. The number of halogens is 2. The van der Waals surface area contributed by atoms with Crippen molar-refractivity contribution in [2.24, 2.45) is 0 Å². The Morgan fingerprint density at radius 3 is 2.72 bits per heavy atom. The zero-order valence-electron chi connectivity index (χ0n) is 9.80. The Kier molecular flexibility index (Phi) is 5.88. The van der Waals surface area contributed by atoms with E-state index in [1.807, 2.05) is 0 Å². The first kappa shape index (κ1) is 15.7. The summed E-state index contributed by atoms with van der Waals surface area (Å²) in [5.41, 5.74) is 0. The maximum Gasteiger partial charge on any atom is 0.243 e. The van der Waals surface area contributed by atoms with Crippen molar-refractivity contribution in [2.45, 2.75) is 11.3 Å². The first-order chi connectivity index (χ1) is 8.10. The predicted molar refractivity (Wildman–Crippen MR) is 74.9 cm³/mol. The molecule has 0 aliphatic carbocycles. The Hall–Kier alpha value is -0.330. The molecule has 18 heavy (non-hydrogen) atoms. The summed E-state index contributed by atoms with van der Waals surface area (Å²) in [7, 11) is -3.40. The molecule has 0 aromatic heterocycles. The van der Waals surface area contributed by atoms with Gasteiger partial charge in [0.2, 0.25) is 10.0 Å². The van der Waals surface area contributed by atoms with Gasteiger partial charge in [-0.2, -0.15) is 4.31 Å². The maximum atomic E-state index is 12.3. The van der Waals surface area contributed by atoms with Crippen molar-refractivity contribution < 1.29 is 8.42 Å². The van der Waals surface area contributed by atoms with Crippen molar-refractivity contribution in [3.63, 3.8) is 0 Å². The Balaban J connectivity index is 0.00000162. The van der Waals surface area contributed by atoms with Gasteiger partial charge < -0.3 is 5.32 Å². The molecule has 1 N–H and O–H groups in total. The summed E-state index contributed by atoms with van der Waals surface area (Å²) in [5.74, 6) is 0. The molecule has 1 fully saturated rings. The topological polar surface area (TPSA) is 49.4 Å². The Labute approximate surface area is 119 Å². The smallest absolute Gasteiger partial charge is 0.243 e. The van der Waals surface area contributed by atoms with Crippen molar-refractivity contribution in [2.75, 3.05) is 26.2 Å². The van der Waals surface area contributed by atoms with Gasteiger partial charge in [0, 0.05) is 24.7 Å². The van der Waals surface area contributed by atoms with E-state index < -0.39 is 10.0 Å². The molecule has 0 unspecified atom stereocenters. The van der Waals surface area contributed by atoms with Gasteiger partial charge in [-0.1, -0.05) is 17.7 Å². The molecule has 0 amide bonds. The molecule has 0 bridgehead atoms. The quantitative estimate of drug-likeness (QED) is 0.905. The molecule has 0 radical (unpaired) electrons. The number of nitrogens with zero attached hydrogens (tertiary/aromatic N) is 1. The third-order valence-electron chi connectivity index (χ3n) is 2.73. The minimum atomic E-state index is -3.40. The fraction of sp³-hybridized carbons (Fsp3) is 0.455. The second kappa shape index (κ2) is 6.73. The van der Waals surface area contributed by atoms with Crippen LogP contribution in [0.5, 0.6) is 0 Å². The standard InChI is InChI=1S/C11H15ClN2O2S.ClH/c12-10-3-1-4-11(9-10)17(15,16)14-7-2-5-13-6-8-14;/h1,3-4,9,13H,2,5-8H2;1H. The SMILES string of the molecule is Cl.O=S(=O)(c1cccc(Cl)c1)N1CCCNCC1. The average Bonchev–Trinajstić information content (AvgIpc) is 2.58. The number of nitrogens with one attached hydrogen (secondary N) is 1. The number of sulfonamides is 1. The summed E-state index contributed by atoms with van der Waals surface area (Å²) in [5, 5.41) is 3.62. The van der Waals surface area contributed by atoms with Crippen molar-refractivity contribution in [1.29, 1.82) is 0 Å². The van der Waals surface area contributed by atoms with Crippen LogP contribution < -0.4 is 5.32 Å². The van der Waals surface area contributed by atoms with Crippen LogP contribution in [0.25, 0.3) is 0 Å². The summed E-state index contributed by atoms with van der Waals surface area (Å²) in [6.07, 6.45) is 0.833. The average molecular weight is 311 g/mol. The highest BCUT2D eigenvalue weighted by Gasteiger charge is 2.24. The maximum absolute atomic E-state index is 12.3. The first-order valence-corrected chi connectivity index (χ1v) is 7.39. The molecule has 1 heterocycles. The van der Waals surface area contributed by atoms with Crippen LogP contribution >= 0.6 is 24.0 Å². The number of rotatable bonds is 2. The van der Waals surface area contributed by atoms with E-state index in [9.17, 15) is 8.42 Å². The van der Waals surface area contributed by atoms with Crippen LogP contribution in [0.3, 0.4) is 0 Å². The van der Waals surface area contributed by atoms with E-state index in [1.54, 1.807) is 18.2 Å². The van der Waals surface area contributed by atoms with Gasteiger partial charge in [0.05, 0.1) is 4.90 Å². The van der Waals surface area contributed by atoms with E-state index in [0.29, 0.717) is 24.7 Å². The molecule has 7 heteroatoms. The van der Waals surface area contributed by atoms with E-state index in [0.717, 1.165) is 13.0 Å². The fourth-order valence-electron chi connectivity index (χ4n) is 1.84. The van der Waals surface area contributed by atoms with Gasteiger partial charge in [-0.15, -0.1) is 12.4 Å². The monoisotopic (exact) mass is 310 g/mol. The van der Waals surface area contributed by atoms with Gasteiger partial charge in [0.25, 0.3) is 0 Å². The van der Waals surface area contributed by atoms with Gasteiger partial charge >= 0.3 is 0 Å². The number of hydrogen-bond acceptors (Lipinski definition) is 3. The van der Waals surface area contributed by atoms with Crippen LogP contribution in [0.15, 0.2) is 29.2 Å². The van der Waals surface area contributed by atoms with Crippen LogP contribution in [0.4, 0.5) is 0 Å². The van der Waals surface area contributed by atoms with E-state index in [1.165, 1.54) is 10.4 Å². The normalized spacial score (nSPS) is 17.8. The zero-order chi connectivity index (χ0) is 12.3. The van der Waals surface area contributed by atoms with Crippen molar-refractivity contribution in [3.05, 3.63) is 29.3 Å². The summed E-state index contributed by atoms with van der Waals surface area (Å²) in [6, 6.07) is 6.41. The van der Waals surface area contributed by atoms with Gasteiger partial charge in [0.15, 0.2) is 0 Å². The van der Waals surface area contributed by atoms with Crippen molar-refractivity contribution >= 4 is 34.0 Å². The molecule has 1 aromatic carbocycles. The van der Waals surface area contributed by atoms with Gasteiger partial charge in [-0.05, 0) is 31.2 Å². The first-order valence-electron chi connectivity index (χ1n) is 5.57. The molecule has 1 aliphatic rings. The van der Waals surface area contributed by atoms with E-state index in [-0.39, 0.29) is 17.3 Å². The molecular weight excluding hydrogens is 295 g/mol. The van der Waals surface area contributed by atoms with Crippen LogP contribution in [0.2, 0.25) is 5.02 Å². The molecule has 0 spiro atoms. The Bertz CT molecular complexity index is 486. The molecular formula is C11H16Cl2N2O2S. The third kappa shape index (κ3) is 3.59. The van der Waals surface area contributed by atoms with E-state index >= 15 is 0 Å². The minimum Gasteiger partial charge on any atom is -0.315 e. The molecule has 0 saturated carbocycles. The summed E-state index contributed by atoms with van der Waals surface area (Å²) in [6.45, 7) is 2.62. The van der Waals surface area contributed by atoms with Gasteiger partial charge in [0.1, 0.15) is 0 Å². The summed E-state index contributed by atoms with van der Waals surface area (Å²) < 4.78 is 26.2. The lowest BCUT2D eigenvalue weighted by molar-refractivity contribution is 0.432. The Morgan fingerprint density at radius 2 is 2.00 bits per heavy atom. The fourth-order valence-corrected chi connectivity index (χ4v) is 3.62. The number of hydrogen-bond donors (Lipinski definition) is 1. The van der Waals surface area contributed by atoms with E-state index in [2.05, 4.69) is 5.32 Å². The van der Waals surface area contributed by atoms with Gasteiger partial charge in [-0.25, -0.2) is 8.42 Å². The molecule has 1 saturated heterocycles. The second-order valence-electron chi connectivity index (χ2n) is 3.97. The van der Waals surface area contributed by atoms with Crippen LogP contribution in [0.1, 0.15) is 6.42 Å². The lowest BCUT2D eigenvalue weighted by Gasteiger charge is -2.19. The summed E-state index contributed by atoms with van der Waals surface area (Å²) >= 11 is 5.83. The third-order valence-corrected chi connectivity index (χ3v) is 4.86. The highest BCUT2D eigenvalue weighted by molar-refractivity contribution is 7.89. The highest BCUT2D eigenvalue weighted by atomic mass is 35.5. The molecule has 1 aliphatic heterocycles. The zero-order valence-corrected chi connectivity index (χ0v) is 12.2. The molecule has 0 atom stereocenters. The minimum absolute atomic E-state index is 0. The molecule has 2 rings (SSSR count). The van der Waals surface area contributed by atoms with Crippen molar-refractivity contribution in [3.8, 4) is 0 Å². The lowest BCUT2D eigenvalue weighted by Crippen LogP contribution is -2.34. The Morgan fingerprint density at radius 1 is 1.22 bits per heavy atom. The van der Waals surface area contributed by atoms with Crippen LogP contribution in [-0.4, -0.2) is 38.9 Å². The molecule has 102 valence electrons. The van der Waals surface area contributed by atoms with E-state index in [4.69, 9.17) is 11.6 Å². The van der Waals surface area contributed by atoms with Crippen LogP contribution in [-0.2, 0) is 10.0 Å². The lowest BCUT2D eigenvalue weighted by atomic mass is 10.4. The largest absolute Gasteiger partial charge is 0.315 e. The van der Waals surface area contributed by atoms with Crippen molar-refractivity contribution in [1.82, 2.24) is 9.62 Å². The highest BCUT2D eigenvalue weighted by Crippen LogP contribution is 2.19.